The Balaban J connectivity index is 2.14. The molecule has 0 bridgehead atoms. The van der Waals surface area contributed by atoms with Gasteiger partial charge >= 0.3 is 5.38 Å². The molecule has 1 heterocycles. The van der Waals surface area contributed by atoms with E-state index >= 15 is 0 Å². The van der Waals surface area contributed by atoms with Crippen molar-refractivity contribution in [2.45, 2.75) is 18.2 Å². The standard InChI is InChI=1S/C9H12ClF2OS/c1-8(6-2-3-6,9(10,11)12)7-4-14(13)5-7/h6-7H,1-5H2. The van der Waals surface area contributed by atoms with Crippen molar-refractivity contribution in [1.29, 1.82) is 0 Å². The molecule has 0 N–H and O–H groups in total. The molecule has 1 atom stereocenters. The van der Waals surface area contributed by atoms with E-state index in [1.165, 1.54) is 0 Å². The van der Waals surface area contributed by atoms with Gasteiger partial charge in [-0.3, -0.25) is 0 Å². The van der Waals surface area contributed by atoms with Gasteiger partial charge in [-0.1, -0.05) is 11.2 Å². The van der Waals surface area contributed by atoms with E-state index in [0.717, 1.165) is 12.8 Å². The van der Waals surface area contributed by atoms with Crippen molar-refractivity contribution < 1.29 is 13.3 Å². The van der Waals surface area contributed by atoms with Gasteiger partial charge in [0.05, 0.1) is 11.3 Å². The van der Waals surface area contributed by atoms with Gasteiger partial charge in [0.25, 0.3) is 0 Å². The first kappa shape index (κ1) is 11.0. The monoisotopic (exact) mass is 241 g/mol. The Bertz CT molecular complexity index is 235. The molecule has 0 aromatic carbocycles. The summed E-state index contributed by atoms with van der Waals surface area (Å²) in [6, 6.07) is 0. The van der Waals surface area contributed by atoms with E-state index in [1.54, 1.807) is 0 Å². The highest BCUT2D eigenvalue weighted by atomic mass is 35.5. The first-order valence-electron chi connectivity index (χ1n) is 4.62. The van der Waals surface area contributed by atoms with Gasteiger partial charge in [0.15, 0.2) is 0 Å². The number of halogens is 3. The van der Waals surface area contributed by atoms with Crippen LogP contribution in [0.3, 0.4) is 0 Å². The summed E-state index contributed by atoms with van der Waals surface area (Å²) in [5, 5.41) is -3.27. The molecule has 5 heteroatoms. The molecule has 1 aliphatic carbocycles. The summed E-state index contributed by atoms with van der Waals surface area (Å²) in [4.78, 5) is 0. The lowest BCUT2D eigenvalue weighted by atomic mass is 9.74. The largest absolute Gasteiger partial charge is 0.616 e. The summed E-state index contributed by atoms with van der Waals surface area (Å²) < 4.78 is 37.4. The molecule has 0 amide bonds. The fourth-order valence-corrected chi connectivity index (χ4v) is 3.80. The van der Waals surface area contributed by atoms with E-state index in [0.29, 0.717) is 11.5 Å². The van der Waals surface area contributed by atoms with Crippen molar-refractivity contribution in [2.24, 2.45) is 17.3 Å². The zero-order valence-corrected chi connectivity index (χ0v) is 9.21. The first-order valence-corrected chi connectivity index (χ1v) is 6.49. The lowest BCUT2D eigenvalue weighted by molar-refractivity contribution is -0.0623. The summed E-state index contributed by atoms with van der Waals surface area (Å²) in [7, 11) is 0. The summed E-state index contributed by atoms with van der Waals surface area (Å²) in [5.41, 5.74) is -1.39. The van der Waals surface area contributed by atoms with Crippen LogP contribution in [-0.4, -0.2) is 21.4 Å². The zero-order chi connectivity index (χ0) is 10.6. The smallest absolute Gasteiger partial charge is 0.328 e. The van der Waals surface area contributed by atoms with Crippen LogP contribution in [0, 0.1) is 24.2 Å². The van der Waals surface area contributed by atoms with E-state index in [9.17, 15) is 13.3 Å². The third-order valence-electron chi connectivity index (χ3n) is 3.34. The third kappa shape index (κ3) is 1.55. The van der Waals surface area contributed by atoms with E-state index in [1.807, 2.05) is 0 Å². The normalized spacial score (nSPS) is 37.5. The highest BCUT2D eigenvalue weighted by molar-refractivity contribution is 7.92. The molecule has 2 fully saturated rings. The molecule has 0 spiro atoms. The Morgan fingerprint density at radius 3 is 2.07 bits per heavy atom. The maximum absolute atomic E-state index is 13.3. The number of rotatable bonds is 3. The molecule has 2 aliphatic rings. The van der Waals surface area contributed by atoms with Crippen LogP contribution in [0.4, 0.5) is 8.78 Å². The molecule has 0 aromatic heterocycles. The second-order valence-electron chi connectivity index (χ2n) is 4.28. The number of hydrogen-bond donors (Lipinski definition) is 0. The minimum absolute atomic E-state index is 0.0858. The SMILES string of the molecule is [CH2]C(C1CC1)(C1C[S+]([O-])C1)C(F)(F)Cl. The number of hydrogen-bond acceptors (Lipinski definition) is 1. The van der Waals surface area contributed by atoms with E-state index in [2.05, 4.69) is 6.92 Å². The molecule has 1 unspecified atom stereocenters. The topological polar surface area (TPSA) is 23.1 Å². The zero-order valence-electron chi connectivity index (χ0n) is 7.64. The highest BCUT2D eigenvalue weighted by Gasteiger charge is 2.65. The predicted molar refractivity (Wildman–Crippen MR) is 52.7 cm³/mol. The lowest BCUT2D eigenvalue weighted by Gasteiger charge is -2.44. The van der Waals surface area contributed by atoms with Crippen LogP contribution in [0.25, 0.3) is 0 Å². The molecule has 14 heavy (non-hydrogen) atoms. The summed E-state index contributed by atoms with van der Waals surface area (Å²) in [6.45, 7) is 3.64. The molecule has 1 nitrogen and oxygen atoms in total. The number of alkyl halides is 3. The maximum Gasteiger partial charge on any atom is 0.328 e. The van der Waals surface area contributed by atoms with E-state index in [-0.39, 0.29) is 11.8 Å². The predicted octanol–water partition coefficient (Wildman–Crippen LogP) is 2.43. The van der Waals surface area contributed by atoms with Gasteiger partial charge in [-0.2, -0.15) is 8.78 Å². The van der Waals surface area contributed by atoms with Crippen LogP contribution < -0.4 is 0 Å². The van der Waals surface area contributed by atoms with Gasteiger partial charge < -0.3 is 4.55 Å². The Morgan fingerprint density at radius 2 is 1.79 bits per heavy atom. The minimum atomic E-state index is -3.27. The Morgan fingerprint density at radius 1 is 1.29 bits per heavy atom. The van der Waals surface area contributed by atoms with Crippen LogP contribution in [0.15, 0.2) is 0 Å². The summed E-state index contributed by atoms with van der Waals surface area (Å²) in [5.74, 6) is 0.311. The van der Waals surface area contributed by atoms with Gasteiger partial charge in [0.2, 0.25) is 0 Å². The van der Waals surface area contributed by atoms with Gasteiger partial charge in [0, 0.05) is 0 Å². The molecule has 0 aromatic rings. The average molecular weight is 242 g/mol. The van der Waals surface area contributed by atoms with Crippen LogP contribution >= 0.6 is 11.6 Å². The van der Waals surface area contributed by atoms with Crippen LogP contribution in [0.1, 0.15) is 12.8 Å². The molecule has 1 saturated heterocycles. The Hall–Kier alpha value is 0.460. The molecule has 1 saturated carbocycles. The fraction of sp³-hybridized carbons (Fsp3) is 0.889. The molecule has 1 aliphatic heterocycles. The molecule has 1 radical (unpaired) electrons. The van der Waals surface area contributed by atoms with Gasteiger partial charge in [-0.05, 0) is 37.3 Å². The van der Waals surface area contributed by atoms with Crippen molar-refractivity contribution in [2.75, 3.05) is 11.5 Å². The maximum atomic E-state index is 13.3. The van der Waals surface area contributed by atoms with E-state index < -0.39 is 22.0 Å². The Labute approximate surface area is 90.4 Å². The fourth-order valence-electron chi connectivity index (χ4n) is 2.09. The van der Waals surface area contributed by atoms with Crippen molar-refractivity contribution in [1.82, 2.24) is 0 Å². The average Bonchev–Trinajstić information content (AvgIpc) is 2.77. The third-order valence-corrected chi connectivity index (χ3v) is 5.24. The highest BCUT2D eigenvalue weighted by Crippen LogP contribution is 2.60. The molecule has 2 rings (SSSR count). The van der Waals surface area contributed by atoms with Crippen molar-refractivity contribution in [3.63, 3.8) is 0 Å². The first-order chi connectivity index (χ1) is 6.35. The van der Waals surface area contributed by atoms with Crippen molar-refractivity contribution in [3.8, 4) is 0 Å². The van der Waals surface area contributed by atoms with Crippen LogP contribution in [0.2, 0.25) is 0 Å². The second-order valence-corrected chi connectivity index (χ2v) is 6.30. The van der Waals surface area contributed by atoms with Gasteiger partial charge in [-0.15, -0.1) is 0 Å². The molecular formula is C9H12ClF2OS. The quantitative estimate of drug-likeness (QED) is 0.550. The molecule has 81 valence electrons. The van der Waals surface area contributed by atoms with Crippen LogP contribution in [-0.2, 0) is 11.2 Å². The van der Waals surface area contributed by atoms with Gasteiger partial charge in [0.1, 0.15) is 11.5 Å². The Kier molecular flexibility index (Phi) is 2.52. The molecular weight excluding hydrogens is 230 g/mol. The van der Waals surface area contributed by atoms with E-state index in [4.69, 9.17) is 11.6 Å². The van der Waals surface area contributed by atoms with Crippen LogP contribution in [0.5, 0.6) is 0 Å². The van der Waals surface area contributed by atoms with Gasteiger partial charge in [-0.25, -0.2) is 0 Å². The van der Waals surface area contributed by atoms with Crippen molar-refractivity contribution in [3.05, 3.63) is 6.92 Å². The summed E-state index contributed by atoms with van der Waals surface area (Å²) >= 11 is 4.21. The second kappa shape index (κ2) is 3.22. The minimum Gasteiger partial charge on any atom is -0.616 e. The van der Waals surface area contributed by atoms with Crippen molar-refractivity contribution >= 4 is 22.8 Å². The lowest BCUT2D eigenvalue weighted by Crippen LogP contribution is -2.54. The summed E-state index contributed by atoms with van der Waals surface area (Å²) in [6.07, 6.45) is 1.55.